The average molecular weight is 427 g/mol. The van der Waals surface area contributed by atoms with Crippen LogP contribution in [0.5, 0.6) is 5.75 Å². The third kappa shape index (κ3) is 3.89. The molecule has 0 unspecified atom stereocenters. The molecule has 0 saturated carbocycles. The summed E-state index contributed by atoms with van der Waals surface area (Å²) in [6.45, 7) is 5.03. The van der Waals surface area contributed by atoms with E-state index >= 15 is 0 Å². The predicted molar refractivity (Wildman–Crippen MR) is 126 cm³/mol. The molecular formula is C27H26N2O3. The van der Waals surface area contributed by atoms with Crippen LogP contribution in [-0.2, 0) is 16.1 Å². The molecule has 0 spiro atoms. The normalized spacial score (nSPS) is 13.7. The second-order valence-corrected chi connectivity index (χ2v) is 7.71. The Morgan fingerprint density at radius 2 is 1.53 bits per heavy atom. The van der Waals surface area contributed by atoms with Crippen LogP contribution in [0.4, 0.5) is 5.69 Å². The van der Waals surface area contributed by atoms with Gasteiger partial charge in [0.15, 0.2) is 0 Å². The smallest absolute Gasteiger partial charge is 0.282 e. The summed E-state index contributed by atoms with van der Waals surface area (Å²) in [5.41, 5.74) is 4.02. The predicted octanol–water partition coefficient (Wildman–Crippen LogP) is 4.81. The van der Waals surface area contributed by atoms with Crippen LogP contribution in [0.2, 0.25) is 0 Å². The summed E-state index contributed by atoms with van der Waals surface area (Å²) in [5, 5.41) is 0. The van der Waals surface area contributed by atoms with Crippen molar-refractivity contribution < 1.29 is 14.3 Å². The van der Waals surface area contributed by atoms with E-state index in [-0.39, 0.29) is 11.8 Å². The maximum absolute atomic E-state index is 13.8. The largest absolute Gasteiger partial charge is 0.495 e. The Hall–Kier alpha value is -3.86. The molecule has 2 amide bonds. The average Bonchev–Trinajstić information content (AvgIpc) is 3.08. The Bertz CT molecular complexity index is 1170. The number of hydrogen-bond acceptors (Lipinski definition) is 4. The van der Waals surface area contributed by atoms with Crippen LogP contribution in [0.25, 0.3) is 5.57 Å². The van der Waals surface area contributed by atoms with E-state index in [9.17, 15) is 9.59 Å². The number of likely N-dealkylation sites (N-methyl/N-ethyl adjacent to an activating group) is 1. The molecule has 0 aliphatic carbocycles. The number of benzene rings is 3. The van der Waals surface area contributed by atoms with Crippen LogP contribution in [0.1, 0.15) is 23.6 Å². The molecule has 0 atom stereocenters. The second-order valence-electron chi connectivity index (χ2n) is 7.71. The summed E-state index contributed by atoms with van der Waals surface area (Å²) in [6.07, 6.45) is 0. The van der Waals surface area contributed by atoms with E-state index in [0.717, 1.165) is 16.7 Å². The van der Waals surface area contributed by atoms with Crippen molar-refractivity contribution in [3.63, 3.8) is 0 Å². The number of amides is 2. The van der Waals surface area contributed by atoms with Gasteiger partial charge >= 0.3 is 0 Å². The van der Waals surface area contributed by atoms with Gasteiger partial charge in [0.2, 0.25) is 0 Å². The number of carbonyl (C=O) groups excluding carboxylic acids is 2. The second kappa shape index (κ2) is 9.10. The van der Waals surface area contributed by atoms with Gasteiger partial charge in [-0.3, -0.25) is 9.59 Å². The molecule has 162 valence electrons. The highest BCUT2D eigenvalue weighted by molar-refractivity contribution is 6.45. The van der Waals surface area contributed by atoms with E-state index in [0.29, 0.717) is 35.8 Å². The van der Waals surface area contributed by atoms with Gasteiger partial charge in [-0.25, -0.2) is 4.90 Å². The zero-order chi connectivity index (χ0) is 22.7. The molecule has 1 heterocycles. The first-order chi connectivity index (χ1) is 15.5. The number of rotatable bonds is 7. The third-order valence-corrected chi connectivity index (χ3v) is 5.61. The van der Waals surface area contributed by atoms with Gasteiger partial charge in [0.25, 0.3) is 11.8 Å². The molecular weight excluding hydrogens is 400 g/mol. The first-order valence-corrected chi connectivity index (χ1v) is 10.7. The summed E-state index contributed by atoms with van der Waals surface area (Å²) in [6, 6.07) is 24.8. The number of methoxy groups -OCH3 is 1. The van der Waals surface area contributed by atoms with Gasteiger partial charge in [-0.1, -0.05) is 66.7 Å². The van der Waals surface area contributed by atoms with E-state index in [2.05, 4.69) is 0 Å². The van der Waals surface area contributed by atoms with Crippen molar-refractivity contribution in [2.75, 3.05) is 18.6 Å². The number of ether oxygens (including phenoxy) is 1. The highest BCUT2D eigenvalue weighted by atomic mass is 16.5. The van der Waals surface area contributed by atoms with E-state index in [1.165, 1.54) is 4.90 Å². The fraction of sp³-hybridized carbons (Fsp3) is 0.185. The van der Waals surface area contributed by atoms with Crippen LogP contribution in [0, 0.1) is 6.92 Å². The summed E-state index contributed by atoms with van der Waals surface area (Å²) < 4.78 is 5.49. The molecule has 0 bridgehead atoms. The minimum absolute atomic E-state index is 0.337. The summed E-state index contributed by atoms with van der Waals surface area (Å²) in [4.78, 5) is 30.8. The lowest BCUT2D eigenvalue weighted by Gasteiger charge is -2.25. The Kier molecular flexibility index (Phi) is 6.08. The van der Waals surface area contributed by atoms with E-state index < -0.39 is 0 Å². The molecule has 0 saturated heterocycles. The van der Waals surface area contributed by atoms with E-state index in [1.807, 2.05) is 91.5 Å². The maximum Gasteiger partial charge on any atom is 0.282 e. The van der Waals surface area contributed by atoms with E-state index in [1.54, 1.807) is 13.2 Å². The van der Waals surface area contributed by atoms with Crippen molar-refractivity contribution in [1.29, 1.82) is 0 Å². The Morgan fingerprint density at radius 3 is 2.16 bits per heavy atom. The lowest BCUT2D eigenvalue weighted by molar-refractivity contribution is -0.120. The van der Waals surface area contributed by atoms with Crippen molar-refractivity contribution in [2.45, 2.75) is 20.4 Å². The minimum Gasteiger partial charge on any atom is -0.495 e. The molecule has 0 fully saturated rings. The molecule has 3 aromatic rings. The lowest BCUT2D eigenvalue weighted by Crippen LogP contribution is -2.35. The summed E-state index contributed by atoms with van der Waals surface area (Å²) >= 11 is 0. The molecule has 32 heavy (non-hydrogen) atoms. The lowest BCUT2D eigenvalue weighted by atomic mass is 10.0. The Morgan fingerprint density at radius 1 is 0.875 bits per heavy atom. The maximum atomic E-state index is 13.8. The number of hydrogen-bond donors (Lipinski definition) is 0. The molecule has 1 aliphatic heterocycles. The van der Waals surface area contributed by atoms with Gasteiger partial charge in [-0.15, -0.1) is 0 Å². The zero-order valence-corrected chi connectivity index (χ0v) is 18.5. The van der Waals surface area contributed by atoms with E-state index in [4.69, 9.17) is 4.74 Å². The number of nitrogens with zero attached hydrogens (tertiary/aromatic N) is 2. The Labute approximate surface area is 188 Å². The highest BCUT2D eigenvalue weighted by Crippen LogP contribution is 2.39. The number of carbonyl (C=O) groups is 2. The van der Waals surface area contributed by atoms with Crippen LogP contribution < -0.4 is 9.64 Å². The standard InChI is InChI=1S/C27H26N2O3/c1-4-28(18-20-11-7-5-8-12-20)25-24(21-13-9-6-10-14-21)26(30)29(27(25)31)22-17-19(2)15-16-23(22)32-3/h5-17H,4,18H2,1-3H3. The molecule has 5 heteroatoms. The van der Waals surface area contributed by atoms with Gasteiger partial charge in [-0.05, 0) is 42.7 Å². The van der Waals surface area contributed by atoms with Crippen molar-refractivity contribution in [3.05, 3.63) is 101 Å². The fourth-order valence-corrected chi connectivity index (χ4v) is 4.02. The minimum atomic E-state index is -0.341. The molecule has 0 aromatic heterocycles. The number of anilines is 1. The Balaban J connectivity index is 1.85. The molecule has 3 aromatic carbocycles. The van der Waals surface area contributed by atoms with Crippen molar-refractivity contribution in [1.82, 2.24) is 4.90 Å². The van der Waals surface area contributed by atoms with Crippen LogP contribution in [-0.4, -0.2) is 30.4 Å². The molecule has 4 rings (SSSR count). The van der Waals surface area contributed by atoms with Crippen LogP contribution in [0.15, 0.2) is 84.6 Å². The molecule has 5 nitrogen and oxygen atoms in total. The third-order valence-electron chi connectivity index (χ3n) is 5.61. The topological polar surface area (TPSA) is 49.9 Å². The van der Waals surface area contributed by atoms with Crippen molar-refractivity contribution in [3.8, 4) is 5.75 Å². The SMILES string of the molecule is CCN(Cc1ccccc1)C1=C(c2ccccc2)C(=O)N(c2cc(C)ccc2OC)C1=O. The first kappa shape index (κ1) is 21.4. The van der Waals surface area contributed by atoms with Crippen LogP contribution in [0.3, 0.4) is 0 Å². The first-order valence-electron chi connectivity index (χ1n) is 10.7. The highest BCUT2D eigenvalue weighted by Gasteiger charge is 2.43. The van der Waals surface area contributed by atoms with Crippen LogP contribution >= 0.6 is 0 Å². The quantitative estimate of drug-likeness (QED) is 0.509. The molecule has 0 N–H and O–H groups in total. The number of imide groups is 1. The fourth-order valence-electron chi connectivity index (χ4n) is 4.02. The summed E-state index contributed by atoms with van der Waals surface area (Å²) in [7, 11) is 1.54. The van der Waals surface area contributed by atoms with Gasteiger partial charge in [0.1, 0.15) is 11.4 Å². The van der Waals surface area contributed by atoms with Crippen molar-refractivity contribution in [2.24, 2.45) is 0 Å². The molecule has 0 radical (unpaired) electrons. The monoisotopic (exact) mass is 426 g/mol. The number of aryl methyl sites for hydroxylation is 1. The van der Waals surface area contributed by atoms with Gasteiger partial charge < -0.3 is 9.64 Å². The van der Waals surface area contributed by atoms with Gasteiger partial charge in [0, 0.05) is 13.1 Å². The van der Waals surface area contributed by atoms with Gasteiger partial charge in [0.05, 0.1) is 18.4 Å². The summed E-state index contributed by atoms with van der Waals surface area (Å²) in [5.74, 6) is -0.195. The zero-order valence-electron chi connectivity index (χ0n) is 18.5. The molecule has 1 aliphatic rings. The van der Waals surface area contributed by atoms with Crippen molar-refractivity contribution >= 4 is 23.1 Å². The van der Waals surface area contributed by atoms with Gasteiger partial charge in [-0.2, -0.15) is 0 Å².